The van der Waals surface area contributed by atoms with Crippen LogP contribution in [0.15, 0.2) is 22.7 Å². The number of nitrogens with one attached hydrogen (secondary N) is 1. The van der Waals surface area contributed by atoms with Crippen molar-refractivity contribution >= 4 is 43.5 Å². The van der Waals surface area contributed by atoms with Gasteiger partial charge in [-0.05, 0) is 12.1 Å². The maximum absolute atomic E-state index is 11.1. The van der Waals surface area contributed by atoms with Crippen molar-refractivity contribution in [1.82, 2.24) is 0 Å². The molecular formula is C9H9Br2NO2. The first-order valence-corrected chi connectivity index (χ1v) is 5.77. The zero-order valence-corrected chi connectivity index (χ0v) is 10.7. The van der Waals surface area contributed by atoms with Crippen LogP contribution in [0.5, 0.6) is 5.75 Å². The van der Waals surface area contributed by atoms with Gasteiger partial charge in [0.15, 0.2) is 0 Å². The normalized spacial score (nSPS) is 9.64. The fourth-order valence-electron chi connectivity index (χ4n) is 0.947. The van der Waals surface area contributed by atoms with E-state index in [0.717, 1.165) is 4.47 Å². The Kier molecular flexibility index (Phi) is 4.41. The molecule has 0 aliphatic heterocycles. The minimum atomic E-state index is -0.0925. The Labute approximate surface area is 99.1 Å². The molecule has 0 saturated carbocycles. The summed E-state index contributed by atoms with van der Waals surface area (Å²) in [5, 5.41) is 2.99. The van der Waals surface area contributed by atoms with E-state index in [9.17, 15) is 4.79 Å². The highest BCUT2D eigenvalue weighted by Gasteiger charge is 2.02. The second kappa shape index (κ2) is 5.36. The number of amides is 1. The monoisotopic (exact) mass is 321 g/mol. The molecule has 0 heterocycles. The predicted molar refractivity (Wildman–Crippen MR) is 63.1 cm³/mol. The molecule has 3 nitrogen and oxygen atoms in total. The average molecular weight is 323 g/mol. The summed E-state index contributed by atoms with van der Waals surface area (Å²) in [6, 6.07) is 5.39. The molecule has 0 spiro atoms. The molecule has 5 heteroatoms. The van der Waals surface area contributed by atoms with Gasteiger partial charge < -0.3 is 10.1 Å². The van der Waals surface area contributed by atoms with E-state index in [4.69, 9.17) is 4.74 Å². The van der Waals surface area contributed by atoms with Crippen molar-refractivity contribution in [2.24, 2.45) is 0 Å². The molecule has 1 aromatic carbocycles. The number of hydrogen-bond acceptors (Lipinski definition) is 2. The zero-order chi connectivity index (χ0) is 10.6. The molecule has 1 rings (SSSR count). The Morgan fingerprint density at radius 1 is 1.50 bits per heavy atom. The number of hydrogen-bond donors (Lipinski definition) is 1. The van der Waals surface area contributed by atoms with E-state index >= 15 is 0 Å². The Morgan fingerprint density at radius 2 is 2.21 bits per heavy atom. The SMILES string of the molecule is COc1cc(Br)cc(NC(=O)CBr)c1. The van der Waals surface area contributed by atoms with Gasteiger partial charge >= 0.3 is 0 Å². The molecule has 1 aromatic rings. The summed E-state index contributed by atoms with van der Waals surface area (Å²) in [6.07, 6.45) is 0. The van der Waals surface area contributed by atoms with Crippen LogP contribution in [0, 0.1) is 0 Å². The fourth-order valence-corrected chi connectivity index (χ4v) is 1.56. The van der Waals surface area contributed by atoms with Crippen LogP contribution in [-0.4, -0.2) is 18.3 Å². The number of anilines is 1. The molecule has 0 fully saturated rings. The minimum absolute atomic E-state index is 0.0925. The molecule has 0 saturated heterocycles. The third-order valence-electron chi connectivity index (χ3n) is 1.51. The first-order chi connectivity index (χ1) is 6.65. The molecule has 1 N–H and O–H groups in total. The van der Waals surface area contributed by atoms with E-state index in [1.807, 2.05) is 12.1 Å². The maximum atomic E-state index is 11.1. The number of halogens is 2. The van der Waals surface area contributed by atoms with Gasteiger partial charge in [0.05, 0.1) is 12.4 Å². The quantitative estimate of drug-likeness (QED) is 0.869. The van der Waals surface area contributed by atoms with Gasteiger partial charge in [0.2, 0.25) is 5.91 Å². The van der Waals surface area contributed by atoms with E-state index in [1.165, 1.54) is 0 Å². The number of benzene rings is 1. The van der Waals surface area contributed by atoms with E-state index in [2.05, 4.69) is 37.2 Å². The zero-order valence-electron chi connectivity index (χ0n) is 7.51. The Morgan fingerprint density at radius 3 is 2.79 bits per heavy atom. The molecule has 0 aromatic heterocycles. The van der Waals surface area contributed by atoms with Crippen molar-refractivity contribution < 1.29 is 9.53 Å². The highest BCUT2D eigenvalue weighted by atomic mass is 79.9. The largest absolute Gasteiger partial charge is 0.497 e. The van der Waals surface area contributed by atoms with Crippen molar-refractivity contribution in [3.8, 4) is 5.75 Å². The molecular weight excluding hydrogens is 314 g/mol. The first-order valence-electron chi connectivity index (χ1n) is 3.86. The van der Waals surface area contributed by atoms with Gasteiger partial charge in [-0.2, -0.15) is 0 Å². The van der Waals surface area contributed by atoms with Crippen molar-refractivity contribution in [3.63, 3.8) is 0 Å². The lowest BCUT2D eigenvalue weighted by Gasteiger charge is -2.06. The number of carbonyl (C=O) groups is 1. The van der Waals surface area contributed by atoms with E-state index in [-0.39, 0.29) is 11.2 Å². The van der Waals surface area contributed by atoms with Crippen LogP contribution >= 0.6 is 31.9 Å². The van der Waals surface area contributed by atoms with Crippen molar-refractivity contribution in [2.45, 2.75) is 0 Å². The number of rotatable bonds is 3. The standard InChI is InChI=1S/C9H9Br2NO2/c1-14-8-3-6(11)2-7(4-8)12-9(13)5-10/h2-4H,5H2,1H3,(H,12,13). The Balaban J connectivity index is 2.86. The Bertz CT molecular complexity index is 342. The molecule has 1 amide bonds. The van der Waals surface area contributed by atoms with Crippen LogP contribution in [0.25, 0.3) is 0 Å². The van der Waals surface area contributed by atoms with Crippen LogP contribution in [-0.2, 0) is 4.79 Å². The number of carbonyl (C=O) groups excluding carboxylic acids is 1. The molecule has 0 aliphatic rings. The first kappa shape index (κ1) is 11.5. The predicted octanol–water partition coefficient (Wildman–Crippen LogP) is 2.79. The van der Waals surface area contributed by atoms with Crippen LogP contribution < -0.4 is 10.1 Å². The molecule has 0 atom stereocenters. The summed E-state index contributed by atoms with van der Waals surface area (Å²) < 4.78 is 5.92. The van der Waals surface area contributed by atoms with Gasteiger partial charge in [0.25, 0.3) is 0 Å². The highest BCUT2D eigenvalue weighted by Crippen LogP contribution is 2.24. The third kappa shape index (κ3) is 3.31. The van der Waals surface area contributed by atoms with E-state index in [1.54, 1.807) is 13.2 Å². The lowest BCUT2D eigenvalue weighted by atomic mass is 10.3. The molecule has 0 aliphatic carbocycles. The fraction of sp³-hybridized carbons (Fsp3) is 0.222. The van der Waals surface area contributed by atoms with Gasteiger partial charge in [-0.25, -0.2) is 0 Å². The molecule has 0 unspecified atom stereocenters. The lowest BCUT2D eigenvalue weighted by molar-refractivity contribution is -0.113. The number of methoxy groups -OCH3 is 1. The van der Waals surface area contributed by atoms with Gasteiger partial charge in [-0.1, -0.05) is 31.9 Å². The summed E-state index contributed by atoms with van der Waals surface area (Å²) in [7, 11) is 1.58. The minimum Gasteiger partial charge on any atom is -0.497 e. The summed E-state index contributed by atoms with van der Waals surface area (Å²) >= 11 is 6.39. The average Bonchev–Trinajstić information content (AvgIpc) is 2.16. The van der Waals surface area contributed by atoms with Crippen LogP contribution in [0.3, 0.4) is 0 Å². The van der Waals surface area contributed by atoms with Gasteiger partial charge in [-0.15, -0.1) is 0 Å². The van der Waals surface area contributed by atoms with Gasteiger partial charge in [0.1, 0.15) is 5.75 Å². The van der Waals surface area contributed by atoms with E-state index < -0.39 is 0 Å². The maximum Gasteiger partial charge on any atom is 0.235 e. The smallest absolute Gasteiger partial charge is 0.235 e. The molecule has 0 bridgehead atoms. The topological polar surface area (TPSA) is 38.3 Å². The molecule has 14 heavy (non-hydrogen) atoms. The summed E-state index contributed by atoms with van der Waals surface area (Å²) in [6.45, 7) is 0. The summed E-state index contributed by atoms with van der Waals surface area (Å²) in [4.78, 5) is 11.1. The third-order valence-corrected chi connectivity index (χ3v) is 2.48. The summed E-state index contributed by atoms with van der Waals surface area (Å²) in [5.41, 5.74) is 0.709. The second-order valence-corrected chi connectivity index (χ2v) is 4.04. The van der Waals surface area contributed by atoms with E-state index in [0.29, 0.717) is 11.4 Å². The summed E-state index contributed by atoms with van der Waals surface area (Å²) in [5.74, 6) is 0.606. The molecule has 0 radical (unpaired) electrons. The van der Waals surface area contributed by atoms with Gasteiger partial charge in [0, 0.05) is 16.2 Å². The van der Waals surface area contributed by atoms with Crippen LogP contribution in [0.1, 0.15) is 0 Å². The van der Waals surface area contributed by atoms with Crippen LogP contribution in [0.2, 0.25) is 0 Å². The van der Waals surface area contributed by atoms with Crippen LogP contribution in [0.4, 0.5) is 5.69 Å². The Hall–Kier alpha value is -0.550. The second-order valence-electron chi connectivity index (χ2n) is 2.56. The van der Waals surface area contributed by atoms with Crippen molar-refractivity contribution in [3.05, 3.63) is 22.7 Å². The number of ether oxygens (including phenoxy) is 1. The highest BCUT2D eigenvalue weighted by molar-refractivity contribution is 9.10. The van der Waals surface area contributed by atoms with Gasteiger partial charge in [-0.3, -0.25) is 4.79 Å². The lowest BCUT2D eigenvalue weighted by Crippen LogP contribution is -2.12. The molecule has 76 valence electrons. The number of alkyl halides is 1. The van der Waals surface area contributed by atoms with Crippen molar-refractivity contribution in [1.29, 1.82) is 0 Å². The van der Waals surface area contributed by atoms with Crippen molar-refractivity contribution in [2.75, 3.05) is 17.8 Å².